The molecule has 0 aromatic heterocycles. The Labute approximate surface area is 113 Å². The Kier molecular flexibility index (Phi) is 4.92. The van der Waals surface area contributed by atoms with E-state index in [0.717, 1.165) is 17.9 Å². The van der Waals surface area contributed by atoms with Gasteiger partial charge >= 0.3 is 0 Å². The number of nitrogens with two attached hydrogens (primary N) is 1. The van der Waals surface area contributed by atoms with Crippen LogP contribution in [0.3, 0.4) is 0 Å². The van der Waals surface area contributed by atoms with Crippen molar-refractivity contribution >= 4 is 11.8 Å². The number of hydrogen-bond donors (Lipinski definition) is 2. The summed E-state index contributed by atoms with van der Waals surface area (Å²) >= 11 is 1.85. The van der Waals surface area contributed by atoms with Gasteiger partial charge in [-0.05, 0) is 24.5 Å². The molecule has 0 spiro atoms. The zero-order chi connectivity index (χ0) is 13.0. The fraction of sp³-hybridized carbons (Fsp3) is 0.571. The van der Waals surface area contributed by atoms with Gasteiger partial charge < -0.3 is 4.74 Å². The van der Waals surface area contributed by atoms with Crippen LogP contribution in [0.1, 0.15) is 26.7 Å². The topological polar surface area (TPSA) is 47.3 Å². The van der Waals surface area contributed by atoms with Gasteiger partial charge in [0.05, 0.1) is 6.04 Å². The van der Waals surface area contributed by atoms with Gasteiger partial charge in [0, 0.05) is 10.6 Å². The fourth-order valence-electron chi connectivity index (χ4n) is 2.16. The lowest BCUT2D eigenvalue weighted by Crippen LogP contribution is -2.49. The van der Waals surface area contributed by atoms with Crippen molar-refractivity contribution in [2.75, 3.05) is 5.75 Å². The first-order valence-corrected chi connectivity index (χ1v) is 7.57. The standard InChI is InChI=1S/C14H22N2OS/c1-3-10(2)8-11(16-15)13-9-18-14-7-5-4-6-12(14)17-13/h4-7,10-11,13,16H,3,8-9,15H2,1-2H3. The van der Waals surface area contributed by atoms with Gasteiger partial charge in [0.15, 0.2) is 0 Å². The monoisotopic (exact) mass is 266 g/mol. The van der Waals surface area contributed by atoms with Crippen molar-refractivity contribution < 1.29 is 4.74 Å². The molecule has 18 heavy (non-hydrogen) atoms. The zero-order valence-electron chi connectivity index (χ0n) is 11.1. The molecule has 3 atom stereocenters. The second-order valence-electron chi connectivity index (χ2n) is 4.94. The first-order valence-electron chi connectivity index (χ1n) is 6.59. The Morgan fingerprint density at radius 2 is 2.28 bits per heavy atom. The molecule has 3 N–H and O–H groups in total. The largest absolute Gasteiger partial charge is 0.487 e. The van der Waals surface area contributed by atoms with Gasteiger partial charge in [0.2, 0.25) is 0 Å². The van der Waals surface area contributed by atoms with E-state index in [-0.39, 0.29) is 12.1 Å². The van der Waals surface area contributed by atoms with Gasteiger partial charge in [-0.25, -0.2) is 0 Å². The van der Waals surface area contributed by atoms with E-state index in [9.17, 15) is 0 Å². The fourth-order valence-corrected chi connectivity index (χ4v) is 3.24. The Morgan fingerprint density at radius 3 is 3.00 bits per heavy atom. The molecule has 0 fully saturated rings. The predicted molar refractivity (Wildman–Crippen MR) is 76.8 cm³/mol. The molecule has 0 bridgehead atoms. The molecule has 3 nitrogen and oxygen atoms in total. The number of para-hydroxylation sites is 1. The van der Waals surface area contributed by atoms with Gasteiger partial charge in [-0.15, -0.1) is 11.8 Å². The second-order valence-corrected chi connectivity index (χ2v) is 6.00. The van der Waals surface area contributed by atoms with Crippen LogP contribution in [0.15, 0.2) is 29.2 Å². The summed E-state index contributed by atoms with van der Waals surface area (Å²) in [6, 6.07) is 8.43. The van der Waals surface area contributed by atoms with E-state index in [1.807, 2.05) is 30.0 Å². The zero-order valence-corrected chi connectivity index (χ0v) is 11.9. The van der Waals surface area contributed by atoms with E-state index in [2.05, 4.69) is 25.3 Å². The van der Waals surface area contributed by atoms with Gasteiger partial charge in [-0.2, -0.15) is 0 Å². The molecule has 0 amide bonds. The number of hydrogen-bond acceptors (Lipinski definition) is 4. The van der Waals surface area contributed by atoms with Crippen molar-refractivity contribution in [1.82, 2.24) is 5.43 Å². The molecule has 1 aliphatic heterocycles. The average molecular weight is 266 g/mol. The van der Waals surface area contributed by atoms with E-state index >= 15 is 0 Å². The molecule has 0 saturated carbocycles. The van der Waals surface area contributed by atoms with E-state index in [0.29, 0.717) is 5.92 Å². The molecule has 4 heteroatoms. The number of nitrogens with one attached hydrogen (secondary N) is 1. The Balaban J connectivity index is 2.02. The van der Waals surface area contributed by atoms with Crippen LogP contribution in [0.2, 0.25) is 0 Å². The first-order chi connectivity index (χ1) is 8.74. The van der Waals surface area contributed by atoms with Crippen molar-refractivity contribution in [2.24, 2.45) is 11.8 Å². The highest BCUT2D eigenvalue weighted by Gasteiger charge is 2.28. The number of ether oxygens (including phenoxy) is 1. The summed E-state index contributed by atoms with van der Waals surface area (Å²) in [5.74, 6) is 8.30. The van der Waals surface area contributed by atoms with Gasteiger partial charge in [0.25, 0.3) is 0 Å². The van der Waals surface area contributed by atoms with Crippen molar-refractivity contribution in [1.29, 1.82) is 0 Å². The summed E-state index contributed by atoms with van der Waals surface area (Å²) in [5.41, 5.74) is 2.93. The first kappa shape index (κ1) is 13.7. The Bertz CT molecular complexity index is 386. The summed E-state index contributed by atoms with van der Waals surface area (Å²) in [4.78, 5) is 1.23. The number of fused-ring (bicyclic) bond motifs is 1. The maximum atomic E-state index is 6.07. The number of thioether (sulfide) groups is 1. The van der Waals surface area contributed by atoms with Crippen LogP contribution in [-0.2, 0) is 0 Å². The van der Waals surface area contributed by atoms with E-state index in [4.69, 9.17) is 10.6 Å². The lowest BCUT2D eigenvalue weighted by atomic mass is 9.96. The van der Waals surface area contributed by atoms with Crippen molar-refractivity contribution in [3.63, 3.8) is 0 Å². The van der Waals surface area contributed by atoms with Crippen molar-refractivity contribution in [3.05, 3.63) is 24.3 Å². The van der Waals surface area contributed by atoms with Crippen LogP contribution < -0.4 is 16.0 Å². The molecular formula is C14H22N2OS. The maximum absolute atomic E-state index is 6.07. The number of rotatable bonds is 5. The van der Waals surface area contributed by atoms with Crippen LogP contribution in [0.4, 0.5) is 0 Å². The molecule has 0 saturated heterocycles. The smallest absolute Gasteiger partial charge is 0.133 e. The van der Waals surface area contributed by atoms with Crippen LogP contribution in [-0.4, -0.2) is 17.9 Å². The quantitative estimate of drug-likeness (QED) is 0.635. The minimum Gasteiger partial charge on any atom is -0.487 e. The molecule has 1 aliphatic rings. The van der Waals surface area contributed by atoms with Crippen molar-refractivity contribution in [2.45, 2.75) is 43.7 Å². The number of benzene rings is 1. The van der Waals surface area contributed by atoms with Crippen LogP contribution in [0.5, 0.6) is 5.75 Å². The van der Waals surface area contributed by atoms with E-state index in [1.165, 1.54) is 11.3 Å². The molecule has 0 aliphatic carbocycles. The summed E-state index contributed by atoms with van der Waals surface area (Å²) in [7, 11) is 0. The lowest BCUT2D eigenvalue weighted by molar-refractivity contribution is 0.151. The third-order valence-corrected chi connectivity index (χ3v) is 4.69. The average Bonchev–Trinajstić information content (AvgIpc) is 2.44. The summed E-state index contributed by atoms with van der Waals surface area (Å²) in [6.45, 7) is 4.47. The second kappa shape index (κ2) is 6.45. The van der Waals surface area contributed by atoms with Crippen molar-refractivity contribution in [3.8, 4) is 5.75 Å². The molecule has 3 unspecified atom stereocenters. The molecule has 1 aromatic rings. The summed E-state index contributed by atoms with van der Waals surface area (Å²) < 4.78 is 6.07. The van der Waals surface area contributed by atoms with Crippen LogP contribution in [0.25, 0.3) is 0 Å². The highest BCUT2D eigenvalue weighted by molar-refractivity contribution is 7.99. The van der Waals surface area contributed by atoms with Gasteiger partial charge in [0.1, 0.15) is 11.9 Å². The molecule has 2 rings (SSSR count). The van der Waals surface area contributed by atoms with E-state index in [1.54, 1.807) is 0 Å². The van der Waals surface area contributed by atoms with Gasteiger partial charge in [-0.1, -0.05) is 32.4 Å². The SMILES string of the molecule is CCC(C)CC(NN)C1CSc2ccccc2O1. The van der Waals surface area contributed by atoms with E-state index < -0.39 is 0 Å². The third-order valence-electron chi connectivity index (χ3n) is 3.55. The summed E-state index contributed by atoms with van der Waals surface area (Å²) in [5, 5.41) is 0. The minimum absolute atomic E-state index is 0.156. The van der Waals surface area contributed by atoms with Crippen LogP contribution >= 0.6 is 11.8 Å². The Hall–Kier alpha value is -0.710. The predicted octanol–water partition coefficient (Wildman–Crippen LogP) is 2.81. The molecule has 1 heterocycles. The van der Waals surface area contributed by atoms with Crippen LogP contribution in [0, 0.1) is 5.92 Å². The molecule has 1 aromatic carbocycles. The maximum Gasteiger partial charge on any atom is 0.133 e. The van der Waals surface area contributed by atoms with Gasteiger partial charge in [-0.3, -0.25) is 11.3 Å². The molecular weight excluding hydrogens is 244 g/mol. The number of hydrazine groups is 1. The minimum atomic E-state index is 0.156. The molecule has 100 valence electrons. The molecule has 0 radical (unpaired) electrons. The highest BCUT2D eigenvalue weighted by atomic mass is 32.2. The Morgan fingerprint density at radius 1 is 1.50 bits per heavy atom. The highest BCUT2D eigenvalue weighted by Crippen LogP contribution is 2.36. The lowest BCUT2D eigenvalue weighted by Gasteiger charge is -2.32. The third kappa shape index (κ3) is 3.19. The summed E-state index contributed by atoms with van der Waals surface area (Å²) in [6.07, 6.45) is 2.39. The normalized spacial score (nSPS) is 21.8.